The number of carbonyl (C=O) groups is 1. The van der Waals surface area contributed by atoms with Crippen LogP contribution in [-0.2, 0) is 10.0 Å². The Balaban J connectivity index is 2.33. The number of amides is 2. The quantitative estimate of drug-likeness (QED) is 0.696. The lowest BCUT2D eigenvalue weighted by atomic mass is 9.93. The van der Waals surface area contributed by atoms with Crippen molar-refractivity contribution in [3.05, 3.63) is 41.6 Å². The maximum atomic E-state index is 12.5. The highest BCUT2D eigenvalue weighted by Crippen LogP contribution is 2.32. The third kappa shape index (κ3) is 4.73. The fourth-order valence-corrected chi connectivity index (χ4v) is 3.72. The van der Waals surface area contributed by atoms with Gasteiger partial charge in [-0.15, -0.1) is 5.10 Å². The molecule has 8 nitrogen and oxygen atoms in total. The highest BCUT2D eigenvalue weighted by Gasteiger charge is 2.24. The van der Waals surface area contributed by atoms with Crippen LogP contribution in [0.25, 0.3) is 0 Å². The first kappa shape index (κ1) is 20.6. The van der Waals surface area contributed by atoms with E-state index < -0.39 is 16.1 Å². The zero-order valence-electron chi connectivity index (χ0n) is 16.1. The first-order chi connectivity index (χ1) is 12.7. The summed E-state index contributed by atoms with van der Waals surface area (Å²) < 4.78 is 27.1. The van der Waals surface area contributed by atoms with E-state index in [0.717, 1.165) is 11.1 Å². The Labute approximate surface area is 159 Å². The number of aromatic nitrogens is 2. The van der Waals surface area contributed by atoms with E-state index >= 15 is 0 Å². The summed E-state index contributed by atoms with van der Waals surface area (Å²) >= 11 is 0. The number of hydrogen-bond acceptors (Lipinski definition) is 6. The lowest BCUT2D eigenvalue weighted by Crippen LogP contribution is -2.36. The van der Waals surface area contributed by atoms with Crippen molar-refractivity contribution in [3.8, 4) is 0 Å². The first-order valence-corrected chi connectivity index (χ1v) is 10.1. The smallest absolute Gasteiger partial charge is 0.333 e. The van der Waals surface area contributed by atoms with Crippen LogP contribution in [0.2, 0.25) is 0 Å². The van der Waals surface area contributed by atoms with Crippen molar-refractivity contribution in [3.63, 3.8) is 0 Å². The van der Waals surface area contributed by atoms with Crippen molar-refractivity contribution in [2.45, 2.75) is 44.6 Å². The van der Waals surface area contributed by atoms with E-state index in [2.05, 4.69) is 20.8 Å². The molecule has 2 rings (SSSR count). The summed E-state index contributed by atoms with van der Waals surface area (Å²) in [6, 6.07) is 6.39. The lowest BCUT2D eigenvalue weighted by Gasteiger charge is -2.20. The molecular weight excluding hydrogens is 366 g/mol. The van der Waals surface area contributed by atoms with Gasteiger partial charge < -0.3 is 10.6 Å². The number of benzene rings is 1. The molecule has 0 unspecified atom stereocenters. The van der Waals surface area contributed by atoms with Crippen LogP contribution in [0.15, 0.2) is 35.5 Å². The Bertz CT molecular complexity index is 900. The van der Waals surface area contributed by atoms with E-state index in [1.807, 2.05) is 50.6 Å². The molecule has 146 valence electrons. The fourth-order valence-electron chi connectivity index (χ4n) is 2.71. The molecule has 1 aromatic carbocycles. The summed E-state index contributed by atoms with van der Waals surface area (Å²) in [5.74, 6) is 0.318. The molecule has 0 aliphatic rings. The summed E-state index contributed by atoms with van der Waals surface area (Å²) in [4.78, 5) is 12.5. The van der Waals surface area contributed by atoms with Gasteiger partial charge in [0.25, 0.3) is 10.0 Å². The zero-order valence-corrected chi connectivity index (χ0v) is 16.9. The predicted molar refractivity (Wildman–Crippen MR) is 106 cm³/mol. The Morgan fingerprint density at radius 2 is 1.63 bits per heavy atom. The number of sulfonamides is 1. The Kier molecular flexibility index (Phi) is 6.37. The first-order valence-electron chi connectivity index (χ1n) is 8.63. The number of rotatable bonds is 6. The predicted octanol–water partition coefficient (Wildman–Crippen LogP) is 3.28. The molecule has 0 spiro atoms. The molecule has 2 aromatic rings. The largest absolute Gasteiger partial charge is 0.386 e. The average Bonchev–Trinajstić information content (AvgIpc) is 2.60. The summed E-state index contributed by atoms with van der Waals surface area (Å²) in [6.07, 6.45) is 1.36. The number of nitrogens with zero attached hydrogens (tertiary/aromatic N) is 2. The molecule has 0 saturated carbocycles. The van der Waals surface area contributed by atoms with E-state index in [1.165, 1.54) is 12.3 Å². The monoisotopic (exact) mass is 391 g/mol. The molecular formula is C18H25N5O3S. The van der Waals surface area contributed by atoms with Gasteiger partial charge in [0.15, 0.2) is 0 Å². The number of nitrogens with one attached hydrogen (secondary N) is 3. The molecule has 0 aliphatic heterocycles. The van der Waals surface area contributed by atoms with Gasteiger partial charge in [-0.3, -0.25) is 0 Å². The number of hydrogen-bond donors (Lipinski definition) is 3. The highest BCUT2D eigenvalue weighted by molar-refractivity contribution is 7.90. The van der Waals surface area contributed by atoms with E-state index in [4.69, 9.17) is 0 Å². The normalized spacial score (nSPS) is 11.5. The highest BCUT2D eigenvalue weighted by atomic mass is 32.2. The van der Waals surface area contributed by atoms with Gasteiger partial charge in [0.05, 0.1) is 11.9 Å². The van der Waals surface area contributed by atoms with E-state index in [-0.39, 0.29) is 22.5 Å². The van der Waals surface area contributed by atoms with Crippen LogP contribution in [-0.4, -0.2) is 31.7 Å². The number of para-hydroxylation sites is 1. The molecule has 0 atom stereocenters. The topological polar surface area (TPSA) is 113 Å². The van der Waals surface area contributed by atoms with Gasteiger partial charge in [-0.05, 0) is 29.0 Å². The standard InChI is InChI=1S/C18H25N5O3S/c1-11(2)13-7-6-8-14(12(3)4)16(13)21-18(24)23-27(25,26)17-15(19-5)9-10-20-22-17/h6-12H,1-5H3,(H,19,20)(H2,21,23,24). The van der Waals surface area contributed by atoms with Crippen molar-refractivity contribution in [2.75, 3.05) is 17.7 Å². The van der Waals surface area contributed by atoms with Crippen LogP contribution in [0.3, 0.4) is 0 Å². The second-order valence-electron chi connectivity index (χ2n) is 6.68. The third-order valence-electron chi connectivity index (χ3n) is 4.05. The van der Waals surface area contributed by atoms with E-state index in [1.54, 1.807) is 7.05 Å². The molecule has 0 aliphatic carbocycles. The molecule has 0 saturated heterocycles. The van der Waals surface area contributed by atoms with Gasteiger partial charge >= 0.3 is 6.03 Å². The summed E-state index contributed by atoms with van der Waals surface area (Å²) in [5.41, 5.74) is 2.74. The van der Waals surface area contributed by atoms with Crippen LogP contribution in [0.5, 0.6) is 0 Å². The van der Waals surface area contributed by atoms with Crippen LogP contribution < -0.4 is 15.4 Å². The van der Waals surface area contributed by atoms with E-state index in [9.17, 15) is 13.2 Å². The van der Waals surface area contributed by atoms with Crippen molar-refractivity contribution in [1.82, 2.24) is 14.9 Å². The van der Waals surface area contributed by atoms with Gasteiger partial charge in [-0.2, -0.15) is 13.5 Å². The minimum Gasteiger partial charge on any atom is -0.386 e. The molecule has 9 heteroatoms. The van der Waals surface area contributed by atoms with Crippen LogP contribution in [0, 0.1) is 0 Å². The van der Waals surface area contributed by atoms with Crippen LogP contribution >= 0.6 is 0 Å². The summed E-state index contributed by atoms with van der Waals surface area (Å²) in [5, 5.41) is 12.3. The molecule has 2 amide bonds. The van der Waals surface area contributed by atoms with Crippen LogP contribution in [0.1, 0.15) is 50.7 Å². The summed E-state index contributed by atoms with van der Waals surface area (Å²) in [6.45, 7) is 8.05. The number of carbonyl (C=O) groups excluding carboxylic acids is 1. The average molecular weight is 391 g/mol. The number of anilines is 2. The Hall–Kier alpha value is -2.68. The van der Waals surface area contributed by atoms with Gasteiger partial charge in [0.2, 0.25) is 5.03 Å². The van der Waals surface area contributed by atoms with Gasteiger partial charge in [-0.1, -0.05) is 45.9 Å². The van der Waals surface area contributed by atoms with Gasteiger partial charge in [0, 0.05) is 12.7 Å². The van der Waals surface area contributed by atoms with Crippen LogP contribution in [0.4, 0.5) is 16.2 Å². The Morgan fingerprint density at radius 3 is 2.15 bits per heavy atom. The van der Waals surface area contributed by atoms with E-state index in [0.29, 0.717) is 5.69 Å². The van der Waals surface area contributed by atoms with Crippen molar-refractivity contribution >= 4 is 27.4 Å². The van der Waals surface area contributed by atoms with Crippen molar-refractivity contribution in [2.24, 2.45) is 0 Å². The molecule has 0 radical (unpaired) electrons. The maximum absolute atomic E-state index is 12.5. The second kappa shape index (κ2) is 8.34. The lowest BCUT2D eigenvalue weighted by molar-refractivity contribution is 0.256. The van der Waals surface area contributed by atoms with Crippen molar-refractivity contribution in [1.29, 1.82) is 0 Å². The van der Waals surface area contributed by atoms with Crippen molar-refractivity contribution < 1.29 is 13.2 Å². The second-order valence-corrected chi connectivity index (χ2v) is 8.28. The summed E-state index contributed by atoms with van der Waals surface area (Å²) in [7, 11) is -2.63. The SMILES string of the molecule is CNc1ccnnc1S(=O)(=O)NC(=O)Nc1c(C(C)C)cccc1C(C)C. The zero-order chi connectivity index (χ0) is 20.2. The Morgan fingerprint density at radius 1 is 1.04 bits per heavy atom. The molecule has 1 aromatic heterocycles. The molecule has 3 N–H and O–H groups in total. The molecule has 27 heavy (non-hydrogen) atoms. The fraction of sp³-hybridized carbons (Fsp3) is 0.389. The number of urea groups is 1. The van der Waals surface area contributed by atoms with Gasteiger partial charge in [-0.25, -0.2) is 9.52 Å². The molecule has 0 bridgehead atoms. The van der Waals surface area contributed by atoms with Gasteiger partial charge in [0.1, 0.15) is 0 Å². The molecule has 0 fully saturated rings. The minimum atomic E-state index is -4.19. The maximum Gasteiger partial charge on any atom is 0.333 e. The molecule has 1 heterocycles. The third-order valence-corrected chi connectivity index (χ3v) is 5.31. The minimum absolute atomic E-state index is 0.159.